The maximum absolute atomic E-state index is 12.6. The summed E-state index contributed by atoms with van der Waals surface area (Å²) in [5.41, 5.74) is 0. The van der Waals surface area contributed by atoms with E-state index in [1.165, 1.54) is 12.4 Å². The monoisotopic (exact) mass is 172 g/mol. The predicted molar refractivity (Wildman–Crippen MR) is 38.8 cm³/mol. The highest BCUT2D eigenvalue weighted by Crippen LogP contribution is 1.95. The lowest BCUT2D eigenvalue weighted by molar-refractivity contribution is -0.144. The van der Waals surface area contributed by atoms with E-state index in [2.05, 4.69) is 9.72 Å². The SMILES string of the molecule is CCOC(=O)Cn1ccnc1F. The molecule has 0 fully saturated rings. The van der Waals surface area contributed by atoms with Crippen LogP contribution >= 0.6 is 0 Å². The second kappa shape index (κ2) is 3.85. The first-order valence-corrected chi connectivity index (χ1v) is 3.56. The molecule has 0 atom stereocenters. The Kier molecular flexibility index (Phi) is 2.79. The molecule has 0 saturated carbocycles. The molecule has 0 amide bonds. The quantitative estimate of drug-likeness (QED) is 0.626. The lowest BCUT2D eigenvalue weighted by Gasteiger charge is -2.01. The number of nitrogens with zero attached hydrogens (tertiary/aromatic N) is 2. The van der Waals surface area contributed by atoms with Crippen LogP contribution in [0.4, 0.5) is 4.39 Å². The van der Waals surface area contributed by atoms with E-state index < -0.39 is 12.0 Å². The molecule has 0 spiro atoms. The number of imidazole rings is 1. The topological polar surface area (TPSA) is 44.1 Å². The van der Waals surface area contributed by atoms with Crippen molar-refractivity contribution in [1.29, 1.82) is 0 Å². The molecule has 5 heteroatoms. The summed E-state index contributed by atoms with van der Waals surface area (Å²) in [6.07, 6.45) is 1.99. The summed E-state index contributed by atoms with van der Waals surface area (Å²) in [7, 11) is 0. The average Bonchev–Trinajstić information content (AvgIpc) is 2.37. The van der Waals surface area contributed by atoms with Crippen molar-refractivity contribution in [3.63, 3.8) is 0 Å². The summed E-state index contributed by atoms with van der Waals surface area (Å²) in [5.74, 6) is -0.464. The van der Waals surface area contributed by atoms with E-state index in [1.807, 2.05) is 0 Å². The highest BCUT2D eigenvalue weighted by atomic mass is 19.1. The maximum atomic E-state index is 12.6. The molecule has 0 radical (unpaired) electrons. The number of aromatic nitrogens is 2. The Labute approximate surface area is 69.0 Å². The molecule has 1 aromatic rings. The van der Waals surface area contributed by atoms with Gasteiger partial charge in [0.15, 0.2) is 0 Å². The van der Waals surface area contributed by atoms with Gasteiger partial charge in [-0.1, -0.05) is 0 Å². The molecule has 0 bridgehead atoms. The van der Waals surface area contributed by atoms with Gasteiger partial charge in [0, 0.05) is 12.4 Å². The minimum Gasteiger partial charge on any atom is -0.465 e. The molecule has 0 aliphatic rings. The lowest BCUT2D eigenvalue weighted by Crippen LogP contribution is -2.14. The Morgan fingerprint density at radius 3 is 3.08 bits per heavy atom. The zero-order valence-electron chi connectivity index (χ0n) is 6.66. The molecule has 12 heavy (non-hydrogen) atoms. The summed E-state index contributed by atoms with van der Waals surface area (Å²) in [4.78, 5) is 14.1. The third-order valence-corrected chi connectivity index (χ3v) is 1.27. The minimum absolute atomic E-state index is 0.125. The average molecular weight is 172 g/mol. The van der Waals surface area contributed by atoms with E-state index >= 15 is 0 Å². The van der Waals surface area contributed by atoms with Crippen LogP contribution in [-0.4, -0.2) is 22.1 Å². The number of hydrogen-bond acceptors (Lipinski definition) is 3. The molecule has 1 rings (SSSR count). The van der Waals surface area contributed by atoms with Crippen LogP contribution in [0, 0.1) is 6.08 Å². The number of carbonyl (C=O) groups excluding carboxylic acids is 1. The second-order valence-electron chi connectivity index (χ2n) is 2.13. The van der Waals surface area contributed by atoms with Crippen molar-refractivity contribution < 1.29 is 13.9 Å². The first kappa shape index (κ1) is 8.70. The first-order chi connectivity index (χ1) is 5.74. The summed E-state index contributed by atoms with van der Waals surface area (Å²) < 4.78 is 18.3. The molecule has 66 valence electrons. The number of halogens is 1. The largest absolute Gasteiger partial charge is 0.465 e. The number of hydrogen-bond donors (Lipinski definition) is 0. The maximum Gasteiger partial charge on any atom is 0.326 e. The Bertz CT molecular complexity index is 272. The Hall–Kier alpha value is -1.39. The van der Waals surface area contributed by atoms with Crippen LogP contribution in [0.5, 0.6) is 0 Å². The van der Waals surface area contributed by atoms with Gasteiger partial charge >= 0.3 is 5.97 Å². The minimum atomic E-state index is -0.678. The smallest absolute Gasteiger partial charge is 0.326 e. The number of carbonyl (C=O) groups is 1. The van der Waals surface area contributed by atoms with Gasteiger partial charge in [0.1, 0.15) is 6.54 Å². The van der Waals surface area contributed by atoms with Crippen LogP contribution in [0.25, 0.3) is 0 Å². The van der Waals surface area contributed by atoms with E-state index in [4.69, 9.17) is 0 Å². The zero-order valence-corrected chi connectivity index (χ0v) is 6.66. The van der Waals surface area contributed by atoms with E-state index in [9.17, 15) is 9.18 Å². The van der Waals surface area contributed by atoms with Crippen molar-refractivity contribution in [3.05, 3.63) is 18.5 Å². The molecule has 0 aromatic carbocycles. The van der Waals surface area contributed by atoms with Crippen molar-refractivity contribution in [2.75, 3.05) is 6.61 Å². The third-order valence-electron chi connectivity index (χ3n) is 1.27. The molecular formula is C7H9FN2O2. The van der Waals surface area contributed by atoms with Gasteiger partial charge in [-0.2, -0.15) is 4.39 Å². The zero-order chi connectivity index (χ0) is 8.97. The Balaban J connectivity index is 2.52. The van der Waals surface area contributed by atoms with Gasteiger partial charge < -0.3 is 4.74 Å². The molecule has 4 nitrogen and oxygen atoms in total. The van der Waals surface area contributed by atoms with E-state index in [-0.39, 0.29) is 6.54 Å². The molecule has 0 aliphatic heterocycles. The predicted octanol–water partition coefficient (Wildman–Crippen LogP) is 0.585. The number of esters is 1. The van der Waals surface area contributed by atoms with Gasteiger partial charge in [-0.05, 0) is 6.92 Å². The standard InChI is InChI=1S/C7H9FN2O2/c1-2-12-6(11)5-10-4-3-9-7(10)8/h3-4H,2,5H2,1H3. The molecule has 0 saturated heterocycles. The fraction of sp³-hybridized carbons (Fsp3) is 0.429. The highest BCUT2D eigenvalue weighted by molar-refractivity contribution is 5.69. The first-order valence-electron chi connectivity index (χ1n) is 3.56. The van der Waals surface area contributed by atoms with Crippen LogP contribution < -0.4 is 0 Å². The molecule has 1 aromatic heterocycles. The van der Waals surface area contributed by atoms with Gasteiger partial charge in [-0.25, -0.2) is 4.98 Å². The summed E-state index contributed by atoms with van der Waals surface area (Å²) in [5, 5.41) is 0. The van der Waals surface area contributed by atoms with Gasteiger partial charge in [0.2, 0.25) is 0 Å². The van der Waals surface area contributed by atoms with Crippen LogP contribution in [0.2, 0.25) is 0 Å². The highest BCUT2D eigenvalue weighted by Gasteiger charge is 2.06. The summed E-state index contributed by atoms with van der Waals surface area (Å²) in [6.45, 7) is 1.87. The fourth-order valence-electron chi connectivity index (χ4n) is 0.775. The molecule has 0 N–H and O–H groups in total. The second-order valence-corrected chi connectivity index (χ2v) is 2.13. The molecule has 0 unspecified atom stereocenters. The van der Waals surface area contributed by atoms with Crippen molar-refractivity contribution in [2.24, 2.45) is 0 Å². The normalized spacial score (nSPS) is 9.83. The van der Waals surface area contributed by atoms with Gasteiger partial charge in [-0.15, -0.1) is 0 Å². The number of rotatable bonds is 3. The molecular weight excluding hydrogens is 163 g/mol. The summed E-state index contributed by atoms with van der Waals surface area (Å²) >= 11 is 0. The van der Waals surface area contributed by atoms with Gasteiger partial charge in [0.25, 0.3) is 6.08 Å². The third kappa shape index (κ3) is 2.05. The lowest BCUT2D eigenvalue weighted by atomic mass is 10.6. The fourth-order valence-corrected chi connectivity index (χ4v) is 0.775. The Morgan fingerprint density at radius 2 is 2.58 bits per heavy atom. The van der Waals surface area contributed by atoms with E-state index in [0.29, 0.717) is 6.61 Å². The Morgan fingerprint density at radius 1 is 1.83 bits per heavy atom. The summed E-state index contributed by atoms with van der Waals surface area (Å²) in [6, 6.07) is 0. The van der Waals surface area contributed by atoms with Crippen molar-refractivity contribution in [2.45, 2.75) is 13.5 Å². The van der Waals surface area contributed by atoms with Crippen molar-refractivity contribution in [1.82, 2.24) is 9.55 Å². The van der Waals surface area contributed by atoms with Crippen molar-refractivity contribution in [3.8, 4) is 0 Å². The molecule has 0 aliphatic carbocycles. The van der Waals surface area contributed by atoms with Gasteiger partial charge in [-0.3, -0.25) is 9.36 Å². The van der Waals surface area contributed by atoms with Crippen LogP contribution in [0.15, 0.2) is 12.4 Å². The van der Waals surface area contributed by atoms with E-state index in [1.54, 1.807) is 6.92 Å². The van der Waals surface area contributed by atoms with Gasteiger partial charge in [0.05, 0.1) is 6.61 Å². The van der Waals surface area contributed by atoms with Crippen LogP contribution in [0.1, 0.15) is 6.92 Å². The van der Waals surface area contributed by atoms with E-state index in [0.717, 1.165) is 4.57 Å². The van der Waals surface area contributed by atoms with Crippen LogP contribution in [-0.2, 0) is 16.1 Å². The number of ether oxygens (including phenoxy) is 1. The van der Waals surface area contributed by atoms with Crippen molar-refractivity contribution >= 4 is 5.97 Å². The van der Waals surface area contributed by atoms with Crippen LogP contribution in [0.3, 0.4) is 0 Å². The molecule has 1 heterocycles.